The number of nitrogens with one attached hydrogen (secondary N) is 1. The largest absolute Gasteiger partial charge is 0.489 e. The van der Waals surface area contributed by atoms with E-state index in [2.05, 4.69) is 20.3 Å². The van der Waals surface area contributed by atoms with Gasteiger partial charge in [0.25, 0.3) is 5.88 Å². The monoisotopic (exact) mass is 431 g/mol. The Labute approximate surface area is 181 Å². The number of methoxy groups -OCH3 is 1. The van der Waals surface area contributed by atoms with Crippen molar-refractivity contribution in [1.82, 2.24) is 19.9 Å². The van der Waals surface area contributed by atoms with Crippen LogP contribution in [0.3, 0.4) is 0 Å². The molecule has 0 unspecified atom stereocenters. The number of nitrogens with zero attached hydrogens (tertiary/aromatic N) is 4. The van der Waals surface area contributed by atoms with Gasteiger partial charge in [-0.05, 0) is 32.4 Å². The average Bonchev–Trinajstić information content (AvgIpc) is 2.75. The Balaban J connectivity index is 1.67. The summed E-state index contributed by atoms with van der Waals surface area (Å²) >= 11 is 0. The van der Waals surface area contributed by atoms with Crippen LogP contribution in [-0.4, -0.2) is 63.5 Å². The highest BCUT2D eigenvalue weighted by Gasteiger charge is 2.27. The Kier molecular flexibility index (Phi) is 7.45. The lowest BCUT2D eigenvalue weighted by molar-refractivity contribution is 0.0500. The van der Waals surface area contributed by atoms with Crippen molar-refractivity contribution in [2.24, 2.45) is 0 Å². The predicted octanol–water partition coefficient (Wildman–Crippen LogP) is 2.81. The van der Waals surface area contributed by atoms with Crippen LogP contribution in [0.2, 0.25) is 0 Å². The zero-order valence-electron chi connectivity index (χ0n) is 18.3. The molecule has 1 aliphatic heterocycles. The minimum atomic E-state index is -0.296. The maximum atomic E-state index is 12.1. The highest BCUT2D eigenvalue weighted by molar-refractivity contribution is 5.68. The summed E-state index contributed by atoms with van der Waals surface area (Å²) in [6, 6.07) is 1.80. The van der Waals surface area contributed by atoms with E-state index >= 15 is 0 Å². The lowest BCUT2D eigenvalue weighted by atomic mass is 10.1. The summed E-state index contributed by atoms with van der Waals surface area (Å²) in [6.45, 7) is 6.56. The number of piperidine rings is 1. The molecule has 1 aliphatic rings. The summed E-state index contributed by atoms with van der Waals surface area (Å²) in [5, 5.41) is 12.4. The number of hydrogen-bond donors (Lipinski definition) is 2. The molecule has 3 heterocycles. The Hall–Kier alpha value is -3.14. The van der Waals surface area contributed by atoms with Gasteiger partial charge in [-0.15, -0.1) is 0 Å². The number of aliphatic hydroxyl groups is 1. The third-order valence-corrected chi connectivity index (χ3v) is 4.87. The molecule has 2 N–H and O–H groups in total. The molecular formula is C21H29N5O5. The highest BCUT2D eigenvalue weighted by Crippen LogP contribution is 2.35. The second-order valence-corrected chi connectivity index (χ2v) is 7.57. The average molecular weight is 431 g/mol. The van der Waals surface area contributed by atoms with Crippen molar-refractivity contribution in [3.63, 3.8) is 0 Å². The number of carbonyl (C=O) groups excluding carboxylic acids is 1. The zero-order chi connectivity index (χ0) is 22.4. The molecule has 0 saturated carbocycles. The SMILES string of the molecule is COc1c(Nc2cnc(CO)cc2C)ncnc1OC1CCN(C(=O)OC(C)C)CC1. The third kappa shape index (κ3) is 5.72. The van der Waals surface area contributed by atoms with Crippen LogP contribution in [0.25, 0.3) is 0 Å². The molecule has 0 radical (unpaired) electrons. The molecule has 3 rings (SSSR count). The fourth-order valence-electron chi connectivity index (χ4n) is 3.26. The third-order valence-electron chi connectivity index (χ3n) is 4.87. The van der Waals surface area contributed by atoms with Crippen LogP contribution in [0.15, 0.2) is 18.6 Å². The molecule has 31 heavy (non-hydrogen) atoms. The van der Waals surface area contributed by atoms with E-state index in [0.29, 0.717) is 49.1 Å². The van der Waals surface area contributed by atoms with Crippen LogP contribution in [0.1, 0.15) is 37.9 Å². The van der Waals surface area contributed by atoms with Crippen molar-refractivity contribution in [1.29, 1.82) is 0 Å². The van der Waals surface area contributed by atoms with Crippen LogP contribution in [0.5, 0.6) is 11.6 Å². The van der Waals surface area contributed by atoms with E-state index in [1.54, 1.807) is 17.2 Å². The molecule has 168 valence electrons. The number of ether oxygens (including phenoxy) is 3. The van der Waals surface area contributed by atoms with E-state index in [1.165, 1.54) is 13.4 Å². The van der Waals surface area contributed by atoms with Crippen molar-refractivity contribution in [2.45, 2.75) is 52.4 Å². The molecule has 2 aromatic heterocycles. The topological polar surface area (TPSA) is 119 Å². The second kappa shape index (κ2) is 10.3. The number of pyridine rings is 1. The van der Waals surface area contributed by atoms with Gasteiger partial charge >= 0.3 is 6.09 Å². The summed E-state index contributed by atoms with van der Waals surface area (Å²) in [5.41, 5.74) is 2.23. The standard InChI is InChI=1S/C21H29N5O5/c1-13(2)30-21(28)26-7-5-16(6-8-26)31-20-18(29-4)19(23-12-24-20)25-17-10-22-15(11-27)9-14(17)3/h9-10,12-13,16,27H,5-8,11H2,1-4H3,(H,23,24,25). The molecule has 1 fully saturated rings. The van der Waals surface area contributed by atoms with Crippen LogP contribution in [0.4, 0.5) is 16.3 Å². The summed E-state index contributed by atoms with van der Waals surface area (Å²) < 4.78 is 16.9. The van der Waals surface area contributed by atoms with Gasteiger partial charge in [-0.3, -0.25) is 4.98 Å². The van der Waals surface area contributed by atoms with Crippen molar-refractivity contribution in [2.75, 3.05) is 25.5 Å². The molecule has 10 heteroatoms. The number of hydrogen-bond acceptors (Lipinski definition) is 9. The minimum Gasteiger partial charge on any atom is -0.489 e. The van der Waals surface area contributed by atoms with Gasteiger partial charge in [0, 0.05) is 25.9 Å². The molecule has 1 amide bonds. The van der Waals surface area contributed by atoms with Gasteiger partial charge in [-0.25, -0.2) is 9.78 Å². The normalized spacial score (nSPS) is 14.5. The molecule has 10 nitrogen and oxygen atoms in total. The van der Waals surface area contributed by atoms with Crippen molar-refractivity contribution < 1.29 is 24.1 Å². The van der Waals surface area contributed by atoms with E-state index in [4.69, 9.17) is 14.2 Å². The molecule has 0 bridgehead atoms. The Morgan fingerprint density at radius 2 is 2.03 bits per heavy atom. The first-order chi connectivity index (χ1) is 14.9. The van der Waals surface area contributed by atoms with Gasteiger partial charge in [-0.2, -0.15) is 4.98 Å². The number of amides is 1. The summed E-state index contributed by atoms with van der Waals surface area (Å²) in [6.07, 6.45) is 3.82. The van der Waals surface area contributed by atoms with Gasteiger partial charge in [0.15, 0.2) is 5.82 Å². The first-order valence-electron chi connectivity index (χ1n) is 10.3. The van der Waals surface area contributed by atoms with E-state index in [9.17, 15) is 9.90 Å². The highest BCUT2D eigenvalue weighted by atomic mass is 16.6. The Morgan fingerprint density at radius 3 is 2.65 bits per heavy atom. The van der Waals surface area contributed by atoms with Gasteiger partial charge in [0.1, 0.15) is 12.4 Å². The first-order valence-corrected chi connectivity index (χ1v) is 10.3. The number of carbonyl (C=O) groups is 1. The quantitative estimate of drug-likeness (QED) is 0.682. The van der Waals surface area contributed by atoms with Crippen LogP contribution in [0, 0.1) is 6.92 Å². The molecule has 0 aliphatic carbocycles. The molecular weight excluding hydrogens is 402 g/mol. The Bertz CT molecular complexity index is 900. The summed E-state index contributed by atoms with van der Waals surface area (Å²) in [4.78, 5) is 26.4. The van der Waals surface area contributed by atoms with Crippen LogP contribution in [-0.2, 0) is 11.3 Å². The number of rotatable bonds is 7. The molecule has 0 spiro atoms. The van der Waals surface area contributed by atoms with Crippen molar-refractivity contribution >= 4 is 17.6 Å². The number of likely N-dealkylation sites (tertiary alicyclic amines) is 1. The van der Waals surface area contributed by atoms with Gasteiger partial charge in [-0.1, -0.05) is 0 Å². The lowest BCUT2D eigenvalue weighted by Gasteiger charge is -2.31. The number of aliphatic hydroxyl groups excluding tert-OH is 1. The fraction of sp³-hybridized carbons (Fsp3) is 0.524. The molecule has 0 atom stereocenters. The number of aromatic nitrogens is 3. The van der Waals surface area contributed by atoms with Crippen molar-refractivity contribution in [3.8, 4) is 11.6 Å². The number of anilines is 2. The molecule has 2 aromatic rings. The Morgan fingerprint density at radius 1 is 1.29 bits per heavy atom. The van der Waals surface area contributed by atoms with E-state index in [0.717, 1.165) is 11.3 Å². The zero-order valence-corrected chi connectivity index (χ0v) is 18.3. The van der Waals surface area contributed by atoms with Crippen molar-refractivity contribution in [3.05, 3.63) is 29.8 Å². The smallest absolute Gasteiger partial charge is 0.410 e. The molecule has 0 aromatic carbocycles. The van der Waals surface area contributed by atoms with E-state index < -0.39 is 0 Å². The summed E-state index contributed by atoms with van der Waals surface area (Å²) in [7, 11) is 1.53. The predicted molar refractivity (Wildman–Crippen MR) is 114 cm³/mol. The number of aryl methyl sites for hydroxylation is 1. The maximum absolute atomic E-state index is 12.1. The van der Waals surface area contributed by atoms with Crippen LogP contribution < -0.4 is 14.8 Å². The van der Waals surface area contributed by atoms with Gasteiger partial charge < -0.3 is 29.5 Å². The van der Waals surface area contributed by atoms with E-state index in [1.807, 2.05) is 20.8 Å². The first kappa shape index (κ1) is 22.5. The van der Waals surface area contributed by atoms with Gasteiger partial charge in [0.2, 0.25) is 5.75 Å². The fourth-order valence-corrected chi connectivity index (χ4v) is 3.26. The van der Waals surface area contributed by atoms with Crippen LogP contribution >= 0.6 is 0 Å². The minimum absolute atomic E-state index is 0.105. The summed E-state index contributed by atoms with van der Waals surface area (Å²) in [5.74, 6) is 1.17. The molecule has 1 saturated heterocycles. The maximum Gasteiger partial charge on any atom is 0.410 e. The van der Waals surface area contributed by atoms with Gasteiger partial charge in [0.05, 0.1) is 37.4 Å². The second-order valence-electron chi connectivity index (χ2n) is 7.57. The van der Waals surface area contributed by atoms with E-state index in [-0.39, 0.29) is 24.9 Å². The lowest BCUT2D eigenvalue weighted by Crippen LogP contribution is -2.42.